The highest BCUT2D eigenvalue weighted by molar-refractivity contribution is 7.17. The van der Waals surface area contributed by atoms with E-state index in [1.54, 1.807) is 10.9 Å². The predicted octanol–water partition coefficient (Wildman–Crippen LogP) is 5.14. The molecule has 0 aliphatic carbocycles. The number of hydrogen-bond donors (Lipinski definition) is 0. The van der Waals surface area contributed by atoms with Gasteiger partial charge >= 0.3 is 0 Å². The topological polar surface area (TPSA) is 34.9 Å². The summed E-state index contributed by atoms with van der Waals surface area (Å²) in [6, 6.07) is 15.7. The molecule has 0 N–H and O–H groups in total. The Morgan fingerprint density at radius 2 is 1.80 bits per heavy atom. The summed E-state index contributed by atoms with van der Waals surface area (Å²) in [5.74, 6) is 0. The lowest BCUT2D eigenvalue weighted by atomic mass is 10.1. The Balaban J connectivity index is 1.81. The van der Waals surface area contributed by atoms with Gasteiger partial charge in [0.2, 0.25) is 0 Å². The van der Waals surface area contributed by atoms with Crippen molar-refractivity contribution in [1.82, 2.24) is 9.55 Å². The first-order valence-corrected chi connectivity index (χ1v) is 9.16. The Morgan fingerprint density at radius 1 is 1.08 bits per heavy atom. The Labute approximate surface area is 154 Å². The van der Waals surface area contributed by atoms with Crippen LogP contribution in [0, 0.1) is 6.92 Å². The van der Waals surface area contributed by atoms with Crippen LogP contribution in [0.4, 0.5) is 0 Å². The average Bonchev–Trinajstić information content (AvgIpc) is 3.05. The maximum atomic E-state index is 13.0. The zero-order chi connectivity index (χ0) is 17.4. The molecular weight excluding hydrogens is 352 g/mol. The minimum Gasteiger partial charge on any atom is -0.294 e. The lowest BCUT2D eigenvalue weighted by Crippen LogP contribution is -2.20. The Bertz CT molecular complexity index is 1100. The smallest absolute Gasteiger partial charge is 0.263 e. The van der Waals surface area contributed by atoms with E-state index < -0.39 is 0 Å². The van der Waals surface area contributed by atoms with Crippen molar-refractivity contribution in [3.63, 3.8) is 0 Å². The van der Waals surface area contributed by atoms with Gasteiger partial charge in [-0.2, -0.15) is 0 Å². The monoisotopic (exact) mass is 366 g/mol. The molecule has 0 aliphatic rings. The molecule has 4 aromatic rings. The van der Waals surface area contributed by atoms with Crippen molar-refractivity contribution in [3.8, 4) is 11.1 Å². The minimum absolute atomic E-state index is 0.0169. The number of fused-ring (bicyclic) bond motifs is 1. The summed E-state index contributed by atoms with van der Waals surface area (Å²) in [5, 5.41) is 3.38. The summed E-state index contributed by atoms with van der Waals surface area (Å²) in [7, 11) is 0. The third-order valence-electron chi connectivity index (χ3n) is 4.19. The second-order valence-corrected chi connectivity index (χ2v) is 7.29. The van der Waals surface area contributed by atoms with Gasteiger partial charge in [-0.1, -0.05) is 53.6 Å². The highest BCUT2D eigenvalue weighted by Crippen LogP contribution is 2.30. The third-order valence-corrected chi connectivity index (χ3v) is 5.33. The molecule has 0 spiro atoms. The van der Waals surface area contributed by atoms with E-state index in [-0.39, 0.29) is 5.56 Å². The summed E-state index contributed by atoms with van der Waals surface area (Å²) in [6.07, 6.45) is 1.62. The molecule has 0 fully saturated rings. The zero-order valence-corrected chi connectivity index (χ0v) is 15.1. The van der Waals surface area contributed by atoms with E-state index in [1.165, 1.54) is 16.9 Å². The van der Waals surface area contributed by atoms with E-state index in [4.69, 9.17) is 11.6 Å². The molecule has 3 nitrogen and oxygen atoms in total. The van der Waals surface area contributed by atoms with E-state index >= 15 is 0 Å². The van der Waals surface area contributed by atoms with Crippen molar-refractivity contribution in [2.24, 2.45) is 0 Å². The van der Waals surface area contributed by atoms with Gasteiger partial charge in [-0.3, -0.25) is 9.36 Å². The molecule has 0 saturated carbocycles. The lowest BCUT2D eigenvalue weighted by Gasteiger charge is -2.07. The second-order valence-electron chi connectivity index (χ2n) is 6.00. The van der Waals surface area contributed by atoms with Gasteiger partial charge in [-0.05, 0) is 30.2 Å². The summed E-state index contributed by atoms with van der Waals surface area (Å²) in [4.78, 5) is 18.3. The fourth-order valence-electron chi connectivity index (χ4n) is 2.81. The van der Waals surface area contributed by atoms with Crippen LogP contribution in [0.2, 0.25) is 5.02 Å². The maximum absolute atomic E-state index is 13.0. The fourth-order valence-corrected chi connectivity index (χ4v) is 3.84. The van der Waals surface area contributed by atoms with E-state index in [0.29, 0.717) is 17.0 Å². The van der Waals surface area contributed by atoms with Crippen LogP contribution >= 0.6 is 22.9 Å². The normalized spacial score (nSPS) is 11.1. The van der Waals surface area contributed by atoms with Crippen LogP contribution in [0.5, 0.6) is 0 Å². The standard InChI is InChI=1S/C20H15ClN2OS/c1-13-2-6-15(7-3-13)17-11-25-19-18(17)20(24)23(12-22-19)10-14-4-8-16(21)9-5-14/h2-9,11-12H,10H2,1H3. The van der Waals surface area contributed by atoms with E-state index in [9.17, 15) is 4.79 Å². The molecule has 0 unspecified atom stereocenters. The molecule has 2 aromatic heterocycles. The second kappa shape index (κ2) is 6.47. The Morgan fingerprint density at radius 3 is 2.52 bits per heavy atom. The molecule has 25 heavy (non-hydrogen) atoms. The number of benzene rings is 2. The van der Waals surface area contributed by atoms with E-state index in [2.05, 4.69) is 24.0 Å². The number of nitrogens with zero attached hydrogens (tertiary/aromatic N) is 2. The van der Waals surface area contributed by atoms with Crippen molar-refractivity contribution in [2.75, 3.05) is 0 Å². The van der Waals surface area contributed by atoms with Crippen LogP contribution < -0.4 is 5.56 Å². The van der Waals surface area contributed by atoms with Gasteiger partial charge in [-0.15, -0.1) is 11.3 Å². The van der Waals surface area contributed by atoms with Crippen LogP contribution in [-0.4, -0.2) is 9.55 Å². The van der Waals surface area contributed by atoms with Crippen molar-refractivity contribution in [2.45, 2.75) is 13.5 Å². The quantitative estimate of drug-likeness (QED) is 0.503. The zero-order valence-electron chi connectivity index (χ0n) is 13.6. The number of rotatable bonds is 3. The molecule has 4 rings (SSSR count). The first-order valence-electron chi connectivity index (χ1n) is 7.90. The summed E-state index contributed by atoms with van der Waals surface area (Å²) >= 11 is 7.43. The summed E-state index contributed by atoms with van der Waals surface area (Å²) in [6.45, 7) is 2.53. The van der Waals surface area contributed by atoms with Crippen LogP contribution in [0.25, 0.3) is 21.3 Å². The Hall–Kier alpha value is -2.43. The molecule has 0 amide bonds. The molecule has 5 heteroatoms. The van der Waals surface area contributed by atoms with Gasteiger partial charge in [0.05, 0.1) is 18.3 Å². The number of aryl methyl sites for hydroxylation is 1. The Kier molecular flexibility index (Phi) is 4.15. The van der Waals surface area contributed by atoms with Crippen LogP contribution in [-0.2, 0) is 6.54 Å². The molecule has 0 atom stereocenters. The SMILES string of the molecule is Cc1ccc(-c2csc3ncn(Cc4ccc(Cl)cc4)c(=O)c23)cc1. The van der Waals surface area contributed by atoms with Gasteiger partial charge < -0.3 is 0 Å². The number of hydrogen-bond acceptors (Lipinski definition) is 3. The molecular formula is C20H15ClN2OS. The highest BCUT2D eigenvalue weighted by Gasteiger charge is 2.13. The third kappa shape index (κ3) is 3.11. The molecule has 2 heterocycles. The van der Waals surface area contributed by atoms with Crippen molar-refractivity contribution in [1.29, 1.82) is 0 Å². The van der Waals surface area contributed by atoms with Crippen LogP contribution in [0.15, 0.2) is 65.0 Å². The van der Waals surface area contributed by atoms with Crippen LogP contribution in [0.3, 0.4) is 0 Å². The largest absolute Gasteiger partial charge is 0.294 e. The highest BCUT2D eigenvalue weighted by atomic mass is 35.5. The van der Waals surface area contributed by atoms with Crippen molar-refractivity contribution >= 4 is 33.2 Å². The van der Waals surface area contributed by atoms with Gasteiger partial charge in [-0.25, -0.2) is 4.98 Å². The molecule has 0 aliphatic heterocycles. The summed E-state index contributed by atoms with van der Waals surface area (Å²) < 4.78 is 1.65. The van der Waals surface area contributed by atoms with Gasteiger partial charge in [0, 0.05) is 16.0 Å². The van der Waals surface area contributed by atoms with E-state index in [0.717, 1.165) is 21.5 Å². The molecule has 0 bridgehead atoms. The summed E-state index contributed by atoms with van der Waals surface area (Å²) in [5.41, 5.74) is 4.18. The van der Waals surface area contributed by atoms with Crippen LogP contribution in [0.1, 0.15) is 11.1 Å². The number of aromatic nitrogens is 2. The van der Waals surface area contributed by atoms with Crippen molar-refractivity contribution < 1.29 is 0 Å². The first kappa shape index (κ1) is 16.1. The molecule has 0 saturated heterocycles. The number of thiophene rings is 1. The fraction of sp³-hybridized carbons (Fsp3) is 0.100. The number of halogens is 1. The molecule has 2 aromatic carbocycles. The van der Waals surface area contributed by atoms with Gasteiger partial charge in [0.25, 0.3) is 5.56 Å². The van der Waals surface area contributed by atoms with Gasteiger partial charge in [0.15, 0.2) is 0 Å². The minimum atomic E-state index is -0.0169. The van der Waals surface area contributed by atoms with Crippen molar-refractivity contribution in [3.05, 3.63) is 86.7 Å². The molecule has 0 radical (unpaired) electrons. The average molecular weight is 367 g/mol. The predicted molar refractivity (Wildman–Crippen MR) is 105 cm³/mol. The van der Waals surface area contributed by atoms with E-state index in [1.807, 2.05) is 41.8 Å². The molecule has 124 valence electrons. The van der Waals surface area contributed by atoms with Gasteiger partial charge in [0.1, 0.15) is 4.83 Å². The first-order chi connectivity index (χ1) is 12.1. The maximum Gasteiger partial charge on any atom is 0.263 e. The lowest BCUT2D eigenvalue weighted by molar-refractivity contribution is 0.749.